The number of esters is 1. The van der Waals surface area contributed by atoms with Gasteiger partial charge in [-0.3, -0.25) is 14.4 Å². The van der Waals surface area contributed by atoms with Gasteiger partial charge in [0.25, 0.3) is 11.8 Å². The smallest absolute Gasteiger partial charge is 0.326 e. The van der Waals surface area contributed by atoms with Crippen LogP contribution in [0.2, 0.25) is 0 Å². The first-order chi connectivity index (χ1) is 14.5. The molecule has 0 aliphatic carbocycles. The molecule has 1 heterocycles. The highest BCUT2D eigenvalue weighted by Gasteiger charge is 2.28. The van der Waals surface area contributed by atoms with Crippen LogP contribution in [0.4, 0.5) is 0 Å². The molecule has 1 aliphatic heterocycles. The predicted octanol–water partition coefficient (Wildman–Crippen LogP) is 2.30. The molecule has 0 saturated heterocycles. The number of nitrogens with one attached hydrogen (secondary N) is 1. The molecule has 8 nitrogen and oxygen atoms in total. The number of likely N-dealkylation sites (N-methyl/N-ethyl adjacent to an activating group) is 1. The predicted molar refractivity (Wildman–Crippen MR) is 108 cm³/mol. The number of hydrogen-bond donors (Lipinski definition) is 1. The zero-order chi connectivity index (χ0) is 21.5. The van der Waals surface area contributed by atoms with Gasteiger partial charge >= 0.3 is 5.97 Å². The summed E-state index contributed by atoms with van der Waals surface area (Å²) in [7, 11) is 0. The minimum Gasteiger partial charge on any atom is -0.454 e. The van der Waals surface area contributed by atoms with E-state index in [9.17, 15) is 14.4 Å². The van der Waals surface area contributed by atoms with Crippen LogP contribution >= 0.6 is 0 Å². The third-order valence-corrected chi connectivity index (χ3v) is 4.68. The van der Waals surface area contributed by atoms with Gasteiger partial charge in [0.2, 0.25) is 12.9 Å². The summed E-state index contributed by atoms with van der Waals surface area (Å²) in [5.41, 5.74) is 0.899. The SMILES string of the molecule is CCN(CC)C(=O)[C@H](OC(=O)CNC(=O)c1ccc2c(c1)OCO2)c1ccccc1. The Bertz CT molecular complexity index is 911. The van der Waals surface area contributed by atoms with Crippen molar-refractivity contribution in [2.45, 2.75) is 20.0 Å². The van der Waals surface area contributed by atoms with Gasteiger partial charge in [0, 0.05) is 24.2 Å². The average Bonchev–Trinajstić information content (AvgIpc) is 3.25. The molecule has 1 atom stereocenters. The summed E-state index contributed by atoms with van der Waals surface area (Å²) in [4.78, 5) is 39.2. The van der Waals surface area contributed by atoms with Crippen molar-refractivity contribution in [1.82, 2.24) is 10.2 Å². The van der Waals surface area contributed by atoms with E-state index in [1.165, 1.54) is 0 Å². The van der Waals surface area contributed by atoms with Gasteiger partial charge in [-0.1, -0.05) is 30.3 Å². The molecule has 2 aromatic carbocycles. The summed E-state index contributed by atoms with van der Waals surface area (Å²) >= 11 is 0. The maximum Gasteiger partial charge on any atom is 0.326 e. The van der Waals surface area contributed by atoms with E-state index < -0.39 is 18.0 Å². The Morgan fingerprint density at radius 1 is 1.03 bits per heavy atom. The lowest BCUT2D eigenvalue weighted by atomic mass is 10.1. The fraction of sp³-hybridized carbons (Fsp3) is 0.318. The highest BCUT2D eigenvalue weighted by Crippen LogP contribution is 2.32. The Labute approximate surface area is 174 Å². The molecule has 1 N–H and O–H groups in total. The normalized spacial score (nSPS) is 12.7. The van der Waals surface area contributed by atoms with Crippen molar-refractivity contribution >= 4 is 17.8 Å². The molecule has 0 bridgehead atoms. The first-order valence-corrected chi connectivity index (χ1v) is 9.74. The summed E-state index contributed by atoms with van der Waals surface area (Å²) in [5, 5.41) is 2.51. The fourth-order valence-corrected chi connectivity index (χ4v) is 3.06. The molecule has 0 radical (unpaired) electrons. The number of carbonyl (C=O) groups excluding carboxylic acids is 3. The average molecular weight is 412 g/mol. The number of amides is 2. The molecule has 3 rings (SSSR count). The molecular formula is C22H24N2O6. The standard InChI is InChI=1S/C22H24N2O6/c1-3-24(4-2)22(27)20(15-8-6-5-7-9-15)30-19(25)13-23-21(26)16-10-11-17-18(12-16)29-14-28-17/h5-12,20H,3-4,13-14H2,1-2H3,(H,23,26)/t20-/m1/s1. The van der Waals surface area contributed by atoms with Gasteiger partial charge < -0.3 is 24.4 Å². The number of carbonyl (C=O) groups is 3. The largest absolute Gasteiger partial charge is 0.454 e. The molecule has 158 valence electrons. The molecule has 0 spiro atoms. The van der Waals surface area contributed by atoms with E-state index in [2.05, 4.69) is 5.32 Å². The first kappa shape index (κ1) is 21.2. The number of hydrogen-bond acceptors (Lipinski definition) is 6. The van der Waals surface area contributed by atoms with Crippen molar-refractivity contribution in [1.29, 1.82) is 0 Å². The van der Waals surface area contributed by atoms with E-state index in [1.807, 2.05) is 19.9 Å². The van der Waals surface area contributed by atoms with Crippen LogP contribution in [0.5, 0.6) is 11.5 Å². The molecule has 8 heteroatoms. The van der Waals surface area contributed by atoms with Crippen LogP contribution in [-0.2, 0) is 14.3 Å². The van der Waals surface area contributed by atoms with Crippen LogP contribution in [-0.4, -0.2) is 49.1 Å². The van der Waals surface area contributed by atoms with Crippen molar-refractivity contribution < 1.29 is 28.6 Å². The van der Waals surface area contributed by atoms with Crippen molar-refractivity contribution in [3.8, 4) is 11.5 Å². The second-order valence-corrected chi connectivity index (χ2v) is 6.54. The molecule has 30 heavy (non-hydrogen) atoms. The molecule has 2 amide bonds. The van der Waals surface area contributed by atoms with Crippen LogP contribution in [0.15, 0.2) is 48.5 Å². The summed E-state index contributed by atoms with van der Waals surface area (Å²) in [6.45, 7) is 4.44. The van der Waals surface area contributed by atoms with Crippen LogP contribution in [0.1, 0.15) is 35.9 Å². The maximum atomic E-state index is 12.8. The van der Waals surface area contributed by atoms with E-state index in [0.717, 1.165) is 0 Å². The Morgan fingerprint density at radius 2 is 1.73 bits per heavy atom. The Hall–Kier alpha value is -3.55. The Balaban J connectivity index is 1.64. The van der Waals surface area contributed by atoms with E-state index in [1.54, 1.807) is 47.4 Å². The van der Waals surface area contributed by atoms with Gasteiger partial charge in [0.15, 0.2) is 11.5 Å². The summed E-state index contributed by atoms with van der Waals surface area (Å²) in [5.74, 6) is -0.442. The number of ether oxygens (including phenoxy) is 3. The number of fused-ring (bicyclic) bond motifs is 1. The first-order valence-electron chi connectivity index (χ1n) is 9.74. The van der Waals surface area contributed by atoms with Gasteiger partial charge in [0.1, 0.15) is 6.54 Å². The second kappa shape index (κ2) is 9.78. The monoisotopic (exact) mass is 412 g/mol. The van der Waals surface area contributed by atoms with Crippen LogP contribution in [0, 0.1) is 0 Å². The zero-order valence-electron chi connectivity index (χ0n) is 16.9. The molecule has 1 aliphatic rings. The quantitative estimate of drug-likeness (QED) is 0.669. The van der Waals surface area contributed by atoms with Crippen molar-refractivity contribution in [3.63, 3.8) is 0 Å². The van der Waals surface area contributed by atoms with E-state index in [0.29, 0.717) is 35.7 Å². The third-order valence-electron chi connectivity index (χ3n) is 4.68. The Kier molecular flexibility index (Phi) is 6.90. The number of nitrogens with zero attached hydrogens (tertiary/aromatic N) is 1. The molecule has 0 unspecified atom stereocenters. The van der Waals surface area contributed by atoms with Crippen molar-refractivity contribution in [2.75, 3.05) is 26.4 Å². The van der Waals surface area contributed by atoms with Crippen molar-refractivity contribution in [2.24, 2.45) is 0 Å². The van der Waals surface area contributed by atoms with E-state index >= 15 is 0 Å². The van der Waals surface area contributed by atoms with Gasteiger partial charge in [0.05, 0.1) is 0 Å². The number of benzene rings is 2. The lowest BCUT2D eigenvalue weighted by Gasteiger charge is -2.25. The van der Waals surface area contributed by atoms with E-state index in [-0.39, 0.29) is 19.2 Å². The summed E-state index contributed by atoms with van der Waals surface area (Å²) in [6.07, 6.45) is -1.07. The maximum absolute atomic E-state index is 12.8. The van der Waals surface area contributed by atoms with Gasteiger partial charge in [-0.05, 0) is 32.0 Å². The highest BCUT2D eigenvalue weighted by molar-refractivity contribution is 5.96. The topological polar surface area (TPSA) is 94.2 Å². The van der Waals surface area contributed by atoms with E-state index in [4.69, 9.17) is 14.2 Å². The highest BCUT2D eigenvalue weighted by atomic mass is 16.7. The third kappa shape index (κ3) is 4.89. The van der Waals surface area contributed by atoms with Crippen LogP contribution in [0.25, 0.3) is 0 Å². The summed E-state index contributed by atoms with van der Waals surface area (Å²) in [6, 6.07) is 13.6. The minimum absolute atomic E-state index is 0.105. The van der Waals surface area contributed by atoms with Gasteiger partial charge in [-0.2, -0.15) is 0 Å². The molecular weight excluding hydrogens is 388 g/mol. The van der Waals surface area contributed by atoms with Gasteiger partial charge in [-0.25, -0.2) is 0 Å². The van der Waals surface area contributed by atoms with Gasteiger partial charge in [-0.15, -0.1) is 0 Å². The van der Waals surface area contributed by atoms with Crippen LogP contribution < -0.4 is 14.8 Å². The Morgan fingerprint density at radius 3 is 2.43 bits per heavy atom. The number of rotatable bonds is 8. The van der Waals surface area contributed by atoms with Crippen LogP contribution in [0.3, 0.4) is 0 Å². The zero-order valence-corrected chi connectivity index (χ0v) is 16.9. The molecule has 0 saturated carbocycles. The summed E-state index contributed by atoms with van der Waals surface area (Å²) < 4.78 is 15.9. The fourth-order valence-electron chi connectivity index (χ4n) is 3.06. The molecule has 2 aromatic rings. The lowest BCUT2D eigenvalue weighted by molar-refractivity contribution is -0.160. The lowest BCUT2D eigenvalue weighted by Crippen LogP contribution is -2.38. The molecule has 0 aromatic heterocycles. The molecule has 0 fully saturated rings. The second-order valence-electron chi connectivity index (χ2n) is 6.54. The minimum atomic E-state index is -1.07. The van der Waals surface area contributed by atoms with Crippen molar-refractivity contribution in [3.05, 3.63) is 59.7 Å².